The normalized spacial score (nSPS) is 19.1. The minimum atomic E-state index is -0.144. The predicted molar refractivity (Wildman–Crippen MR) is 72.9 cm³/mol. The Hall–Kier alpha value is -0.930. The Labute approximate surface area is 109 Å². The predicted octanol–water partition coefficient (Wildman–Crippen LogP) is 2.65. The molecule has 0 atom stereocenters. The van der Waals surface area contributed by atoms with Gasteiger partial charge in [-0.3, -0.25) is 0 Å². The molecule has 2 nitrogen and oxygen atoms in total. The van der Waals surface area contributed by atoms with E-state index in [2.05, 4.69) is 24.2 Å². The second kappa shape index (κ2) is 5.81. The molecule has 18 heavy (non-hydrogen) atoms. The van der Waals surface area contributed by atoms with Crippen molar-refractivity contribution < 1.29 is 4.39 Å². The molecule has 100 valence electrons. The van der Waals surface area contributed by atoms with Gasteiger partial charge in [-0.2, -0.15) is 0 Å². The molecule has 0 aliphatic carbocycles. The molecular formula is C15H23FN2. The zero-order valence-corrected chi connectivity index (χ0v) is 11.4. The van der Waals surface area contributed by atoms with E-state index >= 15 is 0 Å². The van der Waals surface area contributed by atoms with Gasteiger partial charge in [0.1, 0.15) is 5.82 Å². The van der Waals surface area contributed by atoms with E-state index < -0.39 is 0 Å². The van der Waals surface area contributed by atoms with E-state index in [1.807, 2.05) is 6.07 Å². The van der Waals surface area contributed by atoms with E-state index in [9.17, 15) is 4.39 Å². The zero-order chi connectivity index (χ0) is 13.0. The number of nitrogens with one attached hydrogen (secondary N) is 1. The summed E-state index contributed by atoms with van der Waals surface area (Å²) in [6.07, 6.45) is 2.45. The topological polar surface area (TPSA) is 15.3 Å². The first-order valence-corrected chi connectivity index (χ1v) is 6.71. The first-order valence-electron chi connectivity index (χ1n) is 6.71. The molecule has 1 aromatic carbocycles. The van der Waals surface area contributed by atoms with E-state index in [1.165, 1.54) is 18.9 Å². The van der Waals surface area contributed by atoms with Gasteiger partial charge in [0.05, 0.1) is 0 Å². The molecule has 0 aromatic heterocycles. The highest BCUT2D eigenvalue weighted by atomic mass is 19.1. The third kappa shape index (κ3) is 3.79. The van der Waals surface area contributed by atoms with Crippen LogP contribution in [0, 0.1) is 11.2 Å². The molecule has 0 bridgehead atoms. The van der Waals surface area contributed by atoms with Crippen molar-refractivity contribution >= 4 is 0 Å². The van der Waals surface area contributed by atoms with Crippen molar-refractivity contribution in [1.29, 1.82) is 0 Å². The quantitative estimate of drug-likeness (QED) is 0.884. The Balaban J connectivity index is 1.90. The van der Waals surface area contributed by atoms with Gasteiger partial charge in [0.25, 0.3) is 0 Å². The van der Waals surface area contributed by atoms with Crippen molar-refractivity contribution in [3.8, 4) is 0 Å². The van der Waals surface area contributed by atoms with Gasteiger partial charge in [-0.15, -0.1) is 0 Å². The van der Waals surface area contributed by atoms with Crippen molar-refractivity contribution in [3.05, 3.63) is 35.6 Å². The van der Waals surface area contributed by atoms with Crippen LogP contribution < -0.4 is 5.32 Å². The molecule has 1 aliphatic heterocycles. The van der Waals surface area contributed by atoms with E-state index in [0.717, 1.165) is 31.7 Å². The van der Waals surface area contributed by atoms with Crippen LogP contribution in [-0.2, 0) is 6.54 Å². The van der Waals surface area contributed by atoms with Crippen molar-refractivity contribution in [3.63, 3.8) is 0 Å². The van der Waals surface area contributed by atoms with Crippen molar-refractivity contribution in [2.24, 2.45) is 5.41 Å². The molecule has 0 amide bonds. The summed E-state index contributed by atoms with van der Waals surface area (Å²) >= 11 is 0. The van der Waals surface area contributed by atoms with Crippen LogP contribution >= 0.6 is 0 Å². The second-order valence-corrected chi connectivity index (χ2v) is 5.86. The molecule has 0 spiro atoms. The molecule has 1 aromatic rings. The Morgan fingerprint density at radius 1 is 1.33 bits per heavy atom. The fourth-order valence-electron chi connectivity index (χ4n) is 2.84. The van der Waals surface area contributed by atoms with E-state index in [0.29, 0.717) is 5.41 Å². The zero-order valence-electron chi connectivity index (χ0n) is 11.4. The SMILES string of the molecule is CN(Cc1cccc(F)c1)CC1(C)CCNCC1. The maximum atomic E-state index is 13.1. The molecule has 1 fully saturated rings. The van der Waals surface area contributed by atoms with Crippen molar-refractivity contribution in [1.82, 2.24) is 10.2 Å². The van der Waals surface area contributed by atoms with Crippen LogP contribution in [0.15, 0.2) is 24.3 Å². The third-order valence-corrected chi connectivity index (χ3v) is 3.80. The maximum absolute atomic E-state index is 13.1. The van der Waals surface area contributed by atoms with E-state index in [1.54, 1.807) is 12.1 Å². The number of piperidine rings is 1. The molecule has 0 radical (unpaired) electrons. The Kier molecular flexibility index (Phi) is 4.36. The third-order valence-electron chi connectivity index (χ3n) is 3.80. The smallest absolute Gasteiger partial charge is 0.123 e. The average molecular weight is 250 g/mol. The summed E-state index contributed by atoms with van der Waals surface area (Å²) in [7, 11) is 2.12. The molecule has 1 N–H and O–H groups in total. The van der Waals surface area contributed by atoms with Gasteiger partial charge in [-0.25, -0.2) is 4.39 Å². The van der Waals surface area contributed by atoms with Crippen LogP contribution in [0.5, 0.6) is 0 Å². The molecular weight excluding hydrogens is 227 g/mol. The summed E-state index contributed by atoms with van der Waals surface area (Å²) in [5.41, 5.74) is 1.45. The summed E-state index contributed by atoms with van der Waals surface area (Å²) in [5.74, 6) is -0.144. The van der Waals surface area contributed by atoms with Gasteiger partial charge < -0.3 is 10.2 Å². The van der Waals surface area contributed by atoms with Gasteiger partial charge in [-0.05, 0) is 56.1 Å². The minimum Gasteiger partial charge on any atom is -0.317 e. The Morgan fingerprint density at radius 2 is 2.06 bits per heavy atom. The van der Waals surface area contributed by atoms with E-state index in [4.69, 9.17) is 0 Å². The highest BCUT2D eigenvalue weighted by Gasteiger charge is 2.27. The maximum Gasteiger partial charge on any atom is 0.123 e. The Bertz CT molecular complexity index is 386. The number of halogens is 1. The standard InChI is InChI=1S/C15H23FN2/c1-15(6-8-17-9-7-15)12-18(2)11-13-4-3-5-14(16)10-13/h3-5,10,17H,6-9,11-12H2,1-2H3. The lowest BCUT2D eigenvalue weighted by molar-refractivity contribution is 0.143. The number of nitrogens with zero attached hydrogens (tertiary/aromatic N) is 1. The summed E-state index contributed by atoms with van der Waals surface area (Å²) < 4.78 is 13.1. The average Bonchev–Trinajstić information content (AvgIpc) is 2.28. The van der Waals surface area contributed by atoms with Crippen molar-refractivity contribution in [2.45, 2.75) is 26.3 Å². The lowest BCUT2D eigenvalue weighted by atomic mass is 9.80. The summed E-state index contributed by atoms with van der Waals surface area (Å²) in [4.78, 5) is 2.31. The van der Waals surface area contributed by atoms with Crippen LogP contribution in [0.4, 0.5) is 4.39 Å². The van der Waals surface area contributed by atoms with E-state index in [-0.39, 0.29) is 5.82 Å². The summed E-state index contributed by atoms with van der Waals surface area (Å²) in [5, 5.41) is 3.40. The fourth-order valence-corrected chi connectivity index (χ4v) is 2.84. The minimum absolute atomic E-state index is 0.144. The number of hydrogen-bond acceptors (Lipinski definition) is 2. The molecule has 1 heterocycles. The van der Waals surface area contributed by atoms with Crippen LogP contribution in [0.25, 0.3) is 0 Å². The summed E-state index contributed by atoms with van der Waals surface area (Å²) in [6, 6.07) is 6.90. The molecule has 0 saturated carbocycles. The first kappa shape index (κ1) is 13.5. The van der Waals surface area contributed by atoms with Gasteiger partial charge in [-0.1, -0.05) is 19.1 Å². The van der Waals surface area contributed by atoms with Crippen LogP contribution in [0.3, 0.4) is 0 Å². The molecule has 2 rings (SSSR count). The van der Waals surface area contributed by atoms with Gasteiger partial charge in [0, 0.05) is 13.1 Å². The molecule has 1 aliphatic rings. The summed E-state index contributed by atoms with van der Waals surface area (Å²) in [6.45, 7) is 6.48. The second-order valence-electron chi connectivity index (χ2n) is 5.86. The number of rotatable bonds is 4. The fraction of sp³-hybridized carbons (Fsp3) is 0.600. The lowest BCUT2D eigenvalue weighted by Crippen LogP contribution is -2.41. The largest absolute Gasteiger partial charge is 0.317 e. The van der Waals surface area contributed by atoms with Crippen LogP contribution in [0.2, 0.25) is 0 Å². The number of hydrogen-bond donors (Lipinski definition) is 1. The number of benzene rings is 1. The Morgan fingerprint density at radius 3 is 2.72 bits per heavy atom. The highest BCUT2D eigenvalue weighted by Crippen LogP contribution is 2.28. The van der Waals surface area contributed by atoms with Crippen LogP contribution in [-0.4, -0.2) is 31.6 Å². The van der Waals surface area contributed by atoms with Crippen molar-refractivity contribution in [2.75, 3.05) is 26.7 Å². The molecule has 1 saturated heterocycles. The monoisotopic (exact) mass is 250 g/mol. The highest BCUT2D eigenvalue weighted by molar-refractivity contribution is 5.16. The van der Waals surface area contributed by atoms with Crippen LogP contribution in [0.1, 0.15) is 25.3 Å². The molecule has 0 unspecified atom stereocenters. The van der Waals surface area contributed by atoms with Gasteiger partial charge in [0.2, 0.25) is 0 Å². The molecule has 3 heteroatoms. The van der Waals surface area contributed by atoms with Gasteiger partial charge in [0.15, 0.2) is 0 Å². The van der Waals surface area contributed by atoms with Gasteiger partial charge >= 0.3 is 0 Å². The lowest BCUT2D eigenvalue weighted by Gasteiger charge is -2.37. The first-order chi connectivity index (χ1) is 8.57.